The Bertz CT molecular complexity index is 1330. The summed E-state index contributed by atoms with van der Waals surface area (Å²) >= 11 is 0. The molecule has 2 saturated heterocycles. The number of aliphatic carboxylic acids is 1. The fourth-order valence-corrected chi connectivity index (χ4v) is 14.0. The number of morpholine rings is 1. The first-order valence-electron chi connectivity index (χ1n) is 19.2. The number of ether oxygens (including phenoxy) is 4. The predicted octanol–water partition coefficient (Wildman–Crippen LogP) is 5.02. The highest BCUT2D eigenvalue weighted by Crippen LogP contribution is 2.89. The Balaban J connectivity index is 1.12. The van der Waals surface area contributed by atoms with Crippen molar-refractivity contribution in [3.8, 4) is 0 Å². The first kappa shape index (κ1) is 36.1. The Morgan fingerprint density at radius 2 is 1.69 bits per heavy atom. The number of aliphatic hydroxyl groups is 2. The standard InChI is InChI=1S/C39H63NO9/c1-21-18-24(32(35(6,7)45)47-23(3)41)48-30-29(21)36(8)14-15-39-20-38(39)13-12-27(49-28-19-40(16-17-46-28)22(2)33(43)44)34(4,5)25(38)10-11-26(39)37(36,9)31(30)42/h21-22,24-32,42,45H,10-20H2,1-9H3,(H,43,44)/t21-,22+,24-,25+,26+,27+,28+,29+,30+,31+,32+,36-,37-,38-,39+/m1/s1. The van der Waals surface area contributed by atoms with Crippen LogP contribution in [0.2, 0.25) is 0 Å². The van der Waals surface area contributed by atoms with Crippen molar-refractivity contribution >= 4 is 11.9 Å². The molecule has 7 rings (SSSR count). The van der Waals surface area contributed by atoms with Crippen molar-refractivity contribution < 1.29 is 43.9 Å². The van der Waals surface area contributed by atoms with Crippen molar-refractivity contribution in [2.45, 2.75) is 162 Å². The summed E-state index contributed by atoms with van der Waals surface area (Å²) in [5.74, 6) is 0.0786. The van der Waals surface area contributed by atoms with Crippen LogP contribution in [0.4, 0.5) is 0 Å². The molecule has 7 fully saturated rings. The smallest absolute Gasteiger partial charge is 0.320 e. The monoisotopic (exact) mass is 689 g/mol. The Morgan fingerprint density at radius 1 is 1.02 bits per heavy atom. The van der Waals surface area contributed by atoms with E-state index in [9.17, 15) is 24.9 Å². The molecule has 15 atom stereocenters. The van der Waals surface area contributed by atoms with Gasteiger partial charge in [0, 0.05) is 18.9 Å². The number of carbonyl (C=O) groups excluding carboxylic acids is 1. The van der Waals surface area contributed by atoms with E-state index in [4.69, 9.17) is 18.9 Å². The molecule has 49 heavy (non-hydrogen) atoms. The highest BCUT2D eigenvalue weighted by Gasteiger charge is 2.84. The zero-order valence-corrected chi connectivity index (χ0v) is 31.4. The topological polar surface area (TPSA) is 135 Å². The van der Waals surface area contributed by atoms with E-state index in [2.05, 4.69) is 34.6 Å². The number of carboxylic acid groups (broad SMARTS) is 1. The minimum Gasteiger partial charge on any atom is -0.480 e. The molecule has 2 aliphatic heterocycles. The summed E-state index contributed by atoms with van der Waals surface area (Å²) < 4.78 is 25.3. The second-order valence-corrected chi connectivity index (χ2v) is 19.2. The highest BCUT2D eigenvalue weighted by atomic mass is 16.7. The molecule has 10 nitrogen and oxygen atoms in total. The van der Waals surface area contributed by atoms with Crippen molar-refractivity contribution in [1.29, 1.82) is 0 Å². The number of hydrogen-bond acceptors (Lipinski definition) is 9. The maximum Gasteiger partial charge on any atom is 0.320 e. The van der Waals surface area contributed by atoms with Gasteiger partial charge in [0.25, 0.3) is 0 Å². The summed E-state index contributed by atoms with van der Waals surface area (Å²) in [5.41, 5.74) is -1.30. The predicted molar refractivity (Wildman–Crippen MR) is 181 cm³/mol. The minimum absolute atomic E-state index is 0.0407. The van der Waals surface area contributed by atoms with Crippen LogP contribution < -0.4 is 0 Å². The minimum atomic E-state index is -1.27. The maximum atomic E-state index is 12.6. The summed E-state index contributed by atoms with van der Waals surface area (Å²) in [6, 6.07) is -0.566. The molecule has 7 aliphatic rings. The molecule has 3 N–H and O–H groups in total. The van der Waals surface area contributed by atoms with Crippen LogP contribution in [0.15, 0.2) is 0 Å². The molecule has 10 heteroatoms. The molecule has 278 valence electrons. The van der Waals surface area contributed by atoms with Crippen LogP contribution >= 0.6 is 0 Å². The van der Waals surface area contributed by atoms with Crippen molar-refractivity contribution in [3.63, 3.8) is 0 Å². The summed E-state index contributed by atoms with van der Waals surface area (Å²) in [5, 5.41) is 33.2. The van der Waals surface area contributed by atoms with E-state index in [1.807, 2.05) is 4.90 Å². The van der Waals surface area contributed by atoms with Gasteiger partial charge < -0.3 is 34.3 Å². The van der Waals surface area contributed by atoms with Crippen LogP contribution in [0.5, 0.6) is 0 Å². The fraction of sp³-hybridized carbons (Fsp3) is 0.949. The lowest BCUT2D eigenvalue weighted by Crippen LogP contribution is -2.60. The molecule has 5 aliphatic carbocycles. The summed E-state index contributed by atoms with van der Waals surface area (Å²) in [6.45, 7) is 19.8. The second-order valence-electron chi connectivity index (χ2n) is 19.2. The molecule has 0 radical (unpaired) electrons. The van der Waals surface area contributed by atoms with Gasteiger partial charge in [0.05, 0.1) is 43.2 Å². The number of rotatable bonds is 7. The molecule has 0 bridgehead atoms. The van der Waals surface area contributed by atoms with Gasteiger partial charge in [0.15, 0.2) is 12.4 Å². The Hall–Kier alpha value is -1.30. The third kappa shape index (κ3) is 4.99. The van der Waals surface area contributed by atoms with Gasteiger partial charge in [-0.05, 0) is 117 Å². The van der Waals surface area contributed by atoms with E-state index in [0.29, 0.717) is 38.0 Å². The average Bonchev–Trinajstić information content (AvgIpc) is 3.65. The van der Waals surface area contributed by atoms with Gasteiger partial charge in [-0.25, -0.2) is 0 Å². The first-order chi connectivity index (χ1) is 22.7. The van der Waals surface area contributed by atoms with E-state index in [1.165, 1.54) is 19.8 Å². The molecule has 0 aromatic carbocycles. The van der Waals surface area contributed by atoms with E-state index in [0.717, 1.165) is 32.1 Å². The van der Waals surface area contributed by atoms with Crippen molar-refractivity contribution in [2.75, 3.05) is 19.7 Å². The molecule has 0 amide bonds. The quantitative estimate of drug-likeness (QED) is 0.313. The van der Waals surface area contributed by atoms with Crippen molar-refractivity contribution in [1.82, 2.24) is 4.90 Å². The number of fused-ring (bicyclic) bond motifs is 4. The number of esters is 1. The molecule has 0 aromatic heterocycles. The number of carbonyl (C=O) groups is 2. The van der Waals surface area contributed by atoms with E-state index < -0.39 is 48.2 Å². The zero-order chi connectivity index (χ0) is 35.7. The molecule has 5 saturated carbocycles. The Labute approximate surface area is 292 Å². The van der Waals surface area contributed by atoms with Crippen molar-refractivity contribution in [3.05, 3.63) is 0 Å². The highest BCUT2D eigenvalue weighted by molar-refractivity contribution is 5.72. The van der Waals surface area contributed by atoms with E-state index >= 15 is 0 Å². The SMILES string of the molecule is CC(=O)O[C@@H]([C@H]1C[C@@H](C)[C@H]2[C@H](O1)[C@H](O)[C@@]1(C)[C@@H]3CC[C@H]4C(C)(C)[C@@H](O[C@H]5CN([C@@H](C)C(=O)O)CCO5)CC[C@@]45C[C@@]35CC[C@]21C)C(C)(C)O. The lowest BCUT2D eigenvalue weighted by Gasteiger charge is -2.64. The average molecular weight is 690 g/mol. The van der Waals surface area contributed by atoms with Gasteiger partial charge in [-0.3, -0.25) is 14.5 Å². The zero-order valence-electron chi connectivity index (χ0n) is 31.4. The third-order valence-corrected chi connectivity index (χ3v) is 16.4. The van der Waals surface area contributed by atoms with Gasteiger partial charge >= 0.3 is 11.9 Å². The van der Waals surface area contributed by atoms with E-state index in [1.54, 1.807) is 20.8 Å². The molecule has 2 spiro atoms. The summed E-state index contributed by atoms with van der Waals surface area (Å²) in [6.07, 6.45) is 5.72. The largest absolute Gasteiger partial charge is 0.480 e. The van der Waals surface area contributed by atoms with Gasteiger partial charge in [-0.15, -0.1) is 0 Å². The number of hydrogen-bond donors (Lipinski definition) is 3. The number of nitrogens with zero attached hydrogens (tertiary/aromatic N) is 1. The Morgan fingerprint density at radius 3 is 2.35 bits per heavy atom. The van der Waals surface area contributed by atoms with Gasteiger partial charge in [-0.1, -0.05) is 34.6 Å². The van der Waals surface area contributed by atoms with Crippen LogP contribution in [-0.2, 0) is 28.5 Å². The molecular formula is C39H63NO9. The number of carboxylic acids is 1. The fourth-order valence-electron chi connectivity index (χ4n) is 14.0. The van der Waals surface area contributed by atoms with Crippen molar-refractivity contribution in [2.24, 2.45) is 50.7 Å². The molecular weight excluding hydrogens is 626 g/mol. The van der Waals surface area contributed by atoms with Crippen LogP contribution in [-0.4, -0.2) is 100 Å². The van der Waals surface area contributed by atoms with E-state index in [-0.39, 0.29) is 51.1 Å². The summed E-state index contributed by atoms with van der Waals surface area (Å²) in [4.78, 5) is 25.7. The molecule has 0 unspecified atom stereocenters. The molecule has 2 heterocycles. The Kier molecular flexibility index (Phi) is 8.54. The second kappa shape index (κ2) is 11.6. The third-order valence-electron chi connectivity index (χ3n) is 16.4. The van der Waals surface area contributed by atoms with Crippen LogP contribution in [0.25, 0.3) is 0 Å². The normalized spacial score (nSPS) is 50.1. The summed E-state index contributed by atoms with van der Waals surface area (Å²) in [7, 11) is 0. The maximum absolute atomic E-state index is 12.6. The lowest BCUT2D eigenvalue weighted by molar-refractivity contribution is -0.251. The van der Waals surface area contributed by atoms with Crippen LogP contribution in [0.3, 0.4) is 0 Å². The van der Waals surface area contributed by atoms with Crippen LogP contribution in [0.1, 0.15) is 114 Å². The van der Waals surface area contributed by atoms with Gasteiger partial charge in [0.2, 0.25) is 0 Å². The first-order valence-corrected chi connectivity index (χ1v) is 19.2. The van der Waals surface area contributed by atoms with Gasteiger partial charge in [0.1, 0.15) is 6.04 Å². The molecule has 0 aromatic rings. The lowest BCUT2D eigenvalue weighted by atomic mass is 9.41. The van der Waals surface area contributed by atoms with Gasteiger partial charge in [-0.2, -0.15) is 0 Å². The number of aliphatic hydroxyl groups excluding tert-OH is 1. The van der Waals surface area contributed by atoms with Crippen LogP contribution in [0, 0.1) is 50.7 Å².